The highest BCUT2D eigenvalue weighted by Gasteiger charge is 2.19. The van der Waals surface area contributed by atoms with E-state index in [2.05, 4.69) is 17.1 Å². The van der Waals surface area contributed by atoms with Gasteiger partial charge >= 0.3 is 5.63 Å². The zero-order chi connectivity index (χ0) is 20.2. The highest BCUT2D eigenvalue weighted by Crippen LogP contribution is 2.22. The number of quaternary nitrogens is 1. The van der Waals surface area contributed by atoms with Crippen LogP contribution in [0.1, 0.15) is 24.8 Å². The van der Waals surface area contributed by atoms with Crippen LogP contribution in [-0.2, 0) is 13.1 Å². The van der Waals surface area contributed by atoms with Gasteiger partial charge in [-0.3, -0.25) is 0 Å². The Morgan fingerprint density at radius 2 is 2.00 bits per heavy atom. The second-order valence-corrected chi connectivity index (χ2v) is 6.78. The standard InChI is InChI=1S/C21H21N3O5/c1-3-8-24(13-19-22-23-21(29-19)17-5-4-9-27-17)12-14-10-20(25)28-18-11-15(26-2)6-7-16(14)18/h4-7,9-11H,3,8,12-13H2,1-2H3/p+1. The van der Waals surface area contributed by atoms with Crippen molar-refractivity contribution in [3.8, 4) is 17.4 Å². The predicted molar refractivity (Wildman–Crippen MR) is 105 cm³/mol. The summed E-state index contributed by atoms with van der Waals surface area (Å²) in [6, 6.07) is 10.6. The first kappa shape index (κ1) is 18.9. The number of ether oxygens (including phenoxy) is 1. The van der Waals surface area contributed by atoms with Gasteiger partial charge in [-0.05, 0) is 30.7 Å². The fraction of sp³-hybridized carbons (Fsp3) is 0.286. The maximum Gasteiger partial charge on any atom is 0.336 e. The lowest BCUT2D eigenvalue weighted by molar-refractivity contribution is -0.928. The summed E-state index contributed by atoms with van der Waals surface area (Å²) in [4.78, 5) is 13.3. The Labute approximate surface area is 166 Å². The van der Waals surface area contributed by atoms with Crippen molar-refractivity contribution in [2.45, 2.75) is 26.4 Å². The normalized spacial score (nSPS) is 12.3. The van der Waals surface area contributed by atoms with Crippen LogP contribution in [0, 0.1) is 0 Å². The van der Waals surface area contributed by atoms with Crippen molar-refractivity contribution in [3.05, 3.63) is 64.5 Å². The minimum absolute atomic E-state index is 0.360. The molecule has 0 bridgehead atoms. The molecule has 1 atom stereocenters. The van der Waals surface area contributed by atoms with Gasteiger partial charge in [-0.25, -0.2) is 4.79 Å². The number of hydrogen-bond donors (Lipinski definition) is 1. The third-order valence-corrected chi connectivity index (χ3v) is 4.68. The number of furan rings is 1. The molecule has 0 aliphatic rings. The Morgan fingerprint density at radius 3 is 2.76 bits per heavy atom. The molecule has 0 aliphatic heterocycles. The Kier molecular flexibility index (Phi) is 5.44. The van der Waals surface area contributed by atoms with E-state index in [9.17, 15) is 4.79 Å². The fourth-order valence-corrected chi connectivity index (χ4v) is 3.38. The second-order valence-electron chi connectivity index (χ2n) is 6.78. The quantitative estimate of drug-likeness (QED) is 0.457. The molecule has 4 aromatic rings. The van der Waals surface area contributed by atoms with Gasteiger partial charge < -0.3 is 22.9 Å². The summed E-state index contributed by atoms with van der Waals surface area (Å²) in [5.74, 6) is 2.07. The lowest BCUT2D eigenvalue weighted by Crippen LogP contribution is -3.09. The zero-order valence-corrected chi connectivity index (χ0v) is 16.3. The van der Waals surface area contributed by atoms with Gasteiger partial charge in [0.1, 0.15) is 17.9 Å². The molecule has 1 unspecified atom stereocenters. The van der Waals surface area contributed by atoms with Crippen LogP contribution in [0.3, 0.4) is 0 Å². The van der Waals surface area contributed by atoms with Gasteiger partial charge in [-0.2, -0.15) is 0 Å². The van der Waals surface area contributed by atoms with Gasteiger partial charge in [-0.1, -0.05) is 6.92 Å². The van der Waals surface area contributed by atoms with Crippen molar-refractivity contribution in [1.82, 2.24) is 10.2 Å². The van der Waals surface area contributed by atoms with E-state index in [0.717, 1.165) is 23.9 Å². The summed E-state index contributed by atoms with van der Waals surface area (Å²) >= 11 is 0. The van der Waals surface area contributed by atoms with Gasteiger partial charge in [0.2, 0.25) is 0 Å². The van der Waals surface area contributed by atoms with Crippen LogP contribution in [0.4, 0.5) is 0 Å². The highest BCUT2D eigenvalue weighted by molar-refractivity contribution is 5.81. The van der Waals surface area contributed by atoms with E-state index in [1.54, 1.807) is 37.6 Å². The Balaban J connectivity index is 1.59. The fourth-order valence-electron chi connectivity index (χ4n) is 3.38. The Hall–Kier alpha value is -3.39. The predicted octanol–water partition coefficient (Wildman–Crippen LogP) is 2.44. The molecule has 3 heterocycles. The van der Waals surface area contributed by atoms with Crippen LogP contribution in [0.25, 0.3) is 22.6 Å². The lowest BCUT2D eigenvalue weighted by atomic mass is 10.1. The zero-order valence-electron chi connectivity index (χ0n) is 16.3. The molecule has 0 spiro atoms. The summed E-state index contributed by atoms with van der Waals surface area (Å²) in [6.07, 6.45) is 2.54. The summed E-state index contributed by atoms with van der Waals surface area (Å²) in [5.41, 5.74) is 1.04. The van der Waals surface area contributed by atoms with Crippen LogP contribution >= 0.6 is 0 Å². The molecule has 0 saturated carbocycles. The number of aromatic nitrogens is 2. The number of methoxy groups -OCH3 is 1. The van der Waals surface area contributed by atoms with Gasteiger partial charge in [0.05, 0.1) is 19.9 Å². The molecule has 29 heavy (non-hydrogen) atoms. The van der Waals surface area contributed by atoms with Crippen LogP contribution < -0.4 is 15.3 Å². The number of hydrogen-bond acceptors (Lipinski definition) is 7. The van der Waals surface area contributed by atoms with Gasteiger partial charge in [0.25, 0.3) is 11.8 Å². The summed E-state index contributed by atoms with van der Waals surface area (Å²) < 4.78 is 21.6. The van der Waals surface area contributed by atoms with Crippen molar-refractivity contribution >= 4 is 11.0 Å². The molecule has 0 fully saturated rings. The average Bonchev–Trinajstić information content (AvgIpc) is 3.39. The number of fused-ring (bicyclic) bond motifs is 1. The van der Waals surface area contributed by atoms with Crippen LogP contribution in [0.15, 0.2) is 60.7 Å². The number of nitrogens with zero attached hydrogens (tertiary/aromatic N) is 2. The van der Waals surface area contributed by atoms with E-state index in [0.29, 0.717) is 42.0 Å². The second kappa shape index (κ2) is 8.32. The minimum atomic E-state index is -0.380. The number of benzene rings is 1. The summed E-state index contributed by atoms with van der Waals surface area (Å²) in [7, 11) is 1.58. The smallest absolute Gasteiger partial charge is 0.336 e. The first-order chi connectivity index (χ1) is 14.2. The molecule has 8 nitrogen and oxygen atoms in total. The van der Waals surface area contributed by atoms with Gasteiger partial charge in [0, 0.05) is 23.1 Å². The van der Waals surface area contributed by atoms with E-state index in [1.807, 2.05) is 12.1 Å². The Bertz CT molecular complexity index is 1150. The Morgan fingerprint density at radius 1 is 1.10 bits per heavy atom. The number of rotatable bonds is 8. The minimum Gasteiger partial charge on any atom is -0.497 e. The largest absolute Gasteiger partial charge is 0.497 e. The molecule has 1 aromatic carbocycles. The third kappa shape index (κ3) is 4.22. The van der Waals surface area contributed by atoms with Crippen LogP contribution in [0.5, 0.6) is 5.75 Å². The molecule has 3 aromatic heterocycles. The van der Waals surface area contributed by atoms with Crippen molar-refractivity contribution in [2.24, 2.45) is 0 Å². The van der Waals surface area contributed by atoms with E-state index in [-0.39, 0.29) is 5.63 Å². The van der Waals surface area contributed by atoms with E-state index < -0.39 is 0 Å². The van der Waals surface area contributed by atoms with Crippen molar-refractivity contribution in [3.63, 3.8) is 0 Å². The topological polar surface area (TPSA) is 95.9 Å². The van der Waals surface area contributed by atoms with E-state index in [1.165, 1.54) is 4.90 Å². The maximum absolute atomic E-state index is 12.1. The van der Waals surface area contributed by atoms with Gasteiger partial charge in [-0.15, -0.1) is 10.2 Å². The lowest BCUT2D eigenvalue weighted by Gasteiger charge is -2.18. The van der Waals surface area contributed by atoms with Gasteiger partial charge in [0.15, 0.2) is 12.3 Å². The molecule has 8 heteroatoms. The summed E-state index contributed by atoms with van der Waals surface area (Å²) in [5, 5.41) is 9.09. The third-order valence-electron chi connectivity index (χ3n) is 4.68. The molecule has 150 valence electrons. The molecule has 1 N–H and O–H groups in total. The SMILES string of the molecule is CCC[NH+](Cc1nnc(-c2ccco2)o1)Cc1cc(=O)oc2cc(OC)ccc12. The first-order valence-electron chi connectivity index (χ1n) is 9.47. The molecule has 4 rings (SSSR count). The van der Waals surface area contributed by atoms with Crippen molar-refractivity contribution in [2.75, 3.05) is 13.7 Å². The molecular weight excluding hydrogens is 374 g/mol. The monoisotopic (exact) mass is 396 g/mol. The van der Waals surface area contributed by atoms with Crippen LogP contribution in [0.2, 0.25) is 0 Å². The average molecular weight is 396 g/mol. The summed E-state index contributed by atoms with van der Waals surface area (Å²) in [6.45, 7) is 4.17. The first-order valence-corrected chi connectivity index (χ1v) is 9.47. The number of nitrogens with one attached hydrogen (secondary N) is 1. The molecule has 0 aliphatic carbocycles. The van der Waals surface area contributed by atoms with Crippen molar-refractivity contribution < 1.29 is 22.9 Å². The molecule has 0 radical (unpaired) electrons. The molecule has 0 saturated heterocycles. The molecule has 0 amide bonds. The van der Waals surface area contributed by atoms with E-state index >= 15 is 0 Å². The van der Waals surface area contributed by atoms with Crippen molar-refractivity contribution in [1.29, 1.82) is 0 Å². The maximum atomic E-state index is 12.1. The molecular formula is C21H22N3O5+. The van der Waals surface area contributed by atoms with E-state index in [4.69, 9.17) is 18.0 Å². The highest BCUT2D eigenvalue weighted by atomic mass is 16.5. The van der Waals surface area contributed by atoms with Crippen LogP contribution in [-0.4, -0.2) is 23.9 Å².